The molecule has 1 unspecified atom stereocenters. The molecule has 1 aromatic carbocycles. The smallest absolute Gasteiger partial charge is 0.141 e. The monoisotopic (exact) mass is 259 g/mol. The van der Waals surface area contributed by atoms with Gasteiger partial charge in [0.25, 0.3) is 0 Å². The molecule has 2 N–H and O–H groups in total. The Labute approximate surface area is 104 Å². The Morgan fingerprint density at radius 3 is 2.65 bits per heavy atom. The molecule has 0 aromatic heterocycles. The maximum Gasteiger partial charge on any atom is 0.141 e. The summed E-state index contributed by atoms with van der Waals surface area (Å²) in [6.07, 6.45) is 3.21. The predicted molar refractivity (Wildman–Crippen MR) is 65.1 cm³/mol. The number of hydrogen-bond acceptors (Lipinski definition) is 3. The third-order valence-electron chi connectivity index (χ3n) is 2.73. The van der Waals surface area contributed by atoms with E-state index in [0.717, 1.165) is 38.0 Å². The van der Waals surface area contributed by atoms with Crippen molar-refractivity contribution in [3.05, 3.63) is 23.8 Å². The normalized spacial score (nSPS) is 19.8. The highest BCUT2D eigenvalue weighted by atomic mass is 32.2. The topological polar surface area (TPSA) is 35.2 Å². The summed E-state index contributed by atoms with van der Waals surface area (Å²) in [5.41, 5.74) is 5.46. The van der Waals surface area contributed by atoms with Gasteiger partial charge in [0.15, 0.2) is 0 Å². The molecular weight excluding hydrogens is 244 g/mol. The van der Waals surface area contributed by atoms with Crippen molar-refractivity contribution in [2.75, 3.05) is 18.1 Å². The summed E-state index contributed by atoms with van der Waals surface area (Å²) >= 11 is 1.18. The van der Waals surface area contributed by atoms with Gasteiger partial charge < -0.3 is 10.5 Å². The molecule has 2 nitrogen and oxygen atoms in total. The lowest BCUT2D eigenvalue weighted by atomic mass is 10.2. The van der Waals surface area contributed by atoms with Gasteiger partial charge in [-0.2, -0.15) is 0 Å². The number of hydrogen-bond donors (Lipinski definition) is 1. The zero-order valence-corrected chi connectivity index (χ0v) is 10.2. The van der Waals surface area contributed by atoms with Crippen molar-refractivity contribution in [3.63, 3.8) is 0 Å². The molecule has 0 amide bonds. The van der Waals surface area contributed by atoms with E-state index in [0.29, 0.717) is 5.75 Å². The van der Waals surface area contributed by atoms with E-state index in [2.05, 4.69) is 0 Å². The van der Waals surface area contributed by atoms with Crippen molar-refractivity contribution in [3.8, 4) is 0 Å². The number of nitrogen functional groups attached to an aromatic ring is 1. The molecule has 0 bridgehead atoms. The van der Waals surface area contributed by atoms with E-state index in [4.69, 9.17) is 10.5 Å². The van der Waals surface area contributed by atoms with Crippen molar-refractivity contribution in [2.24, 2.45) is 0 Å². The standard InChI is InChI=1S/C12H15F2NOS/c13-10-6-8(15)7-11(14)12(10)17-5-3-9-2-1-4-16-9/h6-7,9H,1-5,15H2. The first kappa shape index (κ1) is 12.6. The van der Waals surface area contributed by atoms with Crippen LogP contribution in [0.15, 0.2) is 17.0 Å². The lowest BCUT2D eigenvalue weighted by Crippen LogP contribution is -2.06. The fraction of sp³-hybridized carbons (Fsp3) is 0.500. The second kappa shape index (κ2) is 5.69. The largest absolute Gasteiger partial charge is 0.399 e. The highest BCUT2D eigenvalue weighted by Gasteiger charge is 2.16. The van der Waals surface area contributed by atoms with Gasteiger partial charge in [-0.05, 0) is 31.4 Å². The van der Waals surface area contributed by atoms with Gasteiger partial charge in [-0.15, -0.1) is 11.8 Å². The predicted octanol–water partition coefficient (Wildman–Crippen LogP) is 3.21. The van der Waals surface area contributed by atoms with Crippen LogP contribution in [0, 0.1) is 11.6 Å². The highest BCUT2D eigenvalue weighted by molar-refractivity contribution is 7.99. The molecule has 2 rings (SSSR count). The summed E-state index contributed by atoms with van der Waals surface area (Å²) in [6.45, 7) is 0.805. The lowest BCUT2D eigenvalue weighted by Gasteiger charge is -2.09. The van der Waals surface area contributed by atoms with Gasteiger partial charge in [-0.1, -0.05) is 0 Å². The fourth-order valence-electron chi connectivity index (χ4n) is 1.88. The van der Waals surface area contributed by atoms with E-state index in [1.54, 1.807) is 0 Å². The second-order valence-corrected chi connectivity index (χ2v) is 5.19. The number of halogens is 2. The average Bonchev–Trinajstić information content (AvgIpc) is 2.74. The maximum atomic E-state index is 13.4. The van der Waals surface area contributed by atoms with Gasteiger partial charge in [0.05, 0.1) is 11.0 Å². The highest BCUT2D eigenvalue weighted by Crippen LogP contribution is 2.29. The van der Waals surface area contributed by atoms with Crippen LogP contribution in [0.3, 0.4) is 0 Å². The first-order valence-electron chi connectivity index (χ1n) is 5.66. The average molecular weight is 259 g/mol. The Bertz CT molecular complexity index is 371. The Kier molecular flexibility index (Phi) is 4.23. The van der Waals surface area contributed by atoms with E-state index >= 15 is 0 Å². The summed E-state index contributed by atoms with van der Waals surface area (Å²) in [7, 11) is 0. The van der Waals surface area contributed by atoms with Crippen LogP contribution in [-0.4, -0.2) is 18.5 Å². The molecule has 0 aliphatic carbocycles. The van der Waals surface area contributed by atoms with Gasteiger partial charge in [0.2, 0.25) is 0 Å². The van der Waals surface area contributed by atoms with Crippen molar-refractivity contribution in [2.45, 2.75) is 30.3 Å². The van der Waals surface area contributed by atoms with E-state index in [1.165, 1.54) is 11.8 Å². The first-order valence-corrected chi connectivity index (χ1v) is 6.64. The van der Waals surface area contributed by atoms with Crippen LogP contribution in [0.2, 0.25) is 0 Å². The number of nitrogens with two attached hydrogens (primary N) is 1. The van der Waals surface area contributed by atoms with Gasteiger partial charge in [0, 0.05) is 18.0 Å². The zero-order chi connectivity index (χ0) is 12.3. The number of benzene rings is 1. The molecule has 17 heavy (non-hydrogen) atoms. The third kappa shape index (κ3) is 3.33. The number of rotatable bonds is 4. The SMILES string of the molecule is Nc1cc(F)c(SCCC2CCCO2)c(F)c1. The minimum atomic E-state index is -0.583. The van der Waals surface area contributed by atoms with E-state index in [-0.39, 0.29) is 16.7 Å². The molecule has 1 fully saturated rings. The van der Waals surface area contributed by atoms with E-state index < -0.39 is 11.6 Å². The molecular formula is C12H15F2NOS. The minimum absolute atomic E-state index is 0.0530. The van der Waals surface area contributed by atoms with Crippen LogP contribution in [-0.2, 0) is 4.74 Å². The molecule has 1 atom stereocenters. The Hall–Kier alpha value is -0.810. The number of ether oxygens (including phenoxy) is 1. The molecule has 94 valence electrons. The van der Waals surface area contributed by atoms with Crippen molar-refractivity contribution in [1.82, 2.24) is 0 Å². The summed E-state index contributed by atoms with van der Waals surface area (Å²) < 4.78 is 32.3. The number of thioether (sulfide) groups is 1. The van der Waals surface area contributed by atoms with Crippen LogP contribution in [0.5, 0.6) is 0 Å². The Balaban J connectivity index is 1.89. The quantitative estimate of drug-likeness (QED) is 0.666. The van der Waals surface area contributed by atoms with Crippen LogP contribution >= 0.6 is 11.8 Å². The zero-order valence-electron chi connectivity index (χ0n) is 9.42. The first-order chi connectivity index (χ1) is 8.16. The van der Waals surface area contributed by atoms with E-state index in [9.17, 15) is 8.78 Å². The van der Waals surface area contributed by atoms with Gasteiger partial charge in [-0.25, -0.2) is 8.78 Å². The van der Waals surface area contributed by atoms with Gasteiger partial charge >= 0.3 is 0 Å². The summed E-state index contributed by atoms with van der Waals surface area (Å²) in [4.78, 5) is 0.0530. The molecule has 1 saturated heterocycles. The van der Waals surface area contributed by atoms with Gasteiger partial charge in [0.1, 0.15) is 11.6 Å². The molecule has 0 saturated carbocycles. The van der Waals surface area contributed by atoms with Crippen LogP contribution in [0.1, 0.15) is 19.3 Å². The van der Waals surface area contributed by atoms with Crippen molar-refractivity contribution < 1.29 is 13.5 Å². The van der Waals surface area contributed by atoms with Crippen molar-refractivity contribution >= 4 is 17.4 Å². The van der Waals surface area contributed by atoms with Crippen LogP contribution in [0.4, 0.5) is 14.5 Å². The number of anilines is 1. The van der Waals surface area contributed by atoms with Crippen LogP contribution in [0.25, 0.3) is 0 Å². The summed E-state index contributed by atoms with van der Waals surface area (Å²) in [5, 5.41) is 0. The minimum Gasteiger partial charge on any atom is -0.399 e. The third-order valence-corrected chi connectivity index (χ3v) is 3.85. The molecule has 5 heteroatoms. The summed E-state index contributed by atoms with van der Waals surface area (Å²) in [5.74, 6) is -0.512. The van der Waals surface area contributed by atoms with Gasteiger partial charge in [-0.3, -0.25) is 0 Å². The van der Waals surface area contributed by atoms with Crippen molar-refractivity contribution in [1.29, 1.82) is 0 Å². The van der Waals surface area contributed by atoms with E-state index in [1.807, 2.05) is 0 Å². The Morgan fingerprint density at radius 1 is 1.35 bits per heavy atom. The van der Waals surface area contributed by atoms with Crippen LogP contribution < -0.4 is 5.73 Å². The summed E-state index contributed by atoms with van der Waals surface area (Å²) in [6, 6.07) is 2.30. The molecule has 1 aliphatic rings. The molecule has 0 radical (unpaired) electrons. The molecule has 1 aromatic rings. The molecule has 1 heterocycles. The fourth-order valence-corrected chi connectivity index (χ4v) is 2.86. The maximum absolute atomic E-state index is 13.4. The Morgan fingerprint density at radius 2 is 2.06 bits per heavy atom. The second-order valence-electron chi connectivity index (χ2n) is 4.09. The molecule has 1 aliphatic heterocycles. The lowest BCUT2D eigenvalue weighted by molar-refractivity contribution is 0.109. The molecule has 0 spiro atoms.